The first-order valence-corrected chi connectivity index (χ1v) is 9.03. The number of carbonyl (C=O) groups excluding carboxylic acids is 2. The van der Waals surface area contributed by atoms with Crippen LogP contribution in [-0.4, -0.2) is 68.8 Å². The molecule has 7 nitrogen and oxygen atoms in total. The maximum Gasteiger partial charge on any atom is 0.273 e. The molecule has 6 rings (SSSR count). The largest absolute Gasteiger partial charge is 0.365 e. The molecule has 1 aromatic rings. The van der Waals surface area contributed by atoms with E-state index in [0.29, 0.717) is 24.7 Å². The van der Waals surface area contributed by atoms with Gasteiger partial charge in [0, 0.05) is 19.3 Å². The Kier molecular flexibility index (Phi) is 3.13. The van der Waals surface area contributed by atoms with Gasteiger partial charge in [-0.2, -0.15) is 5.10 Å². The predicted octanol–water partition coefficient (Wildman–Crippen LogP) is 0.978. The summed E-state index contributed by atoms with van der Waals surface area (Å²) in [7, 11) is 0. The molecule has 2 unspecified atom stereocenters. The first-order valence-electron chi connectivity index (χ1n) is 9.03. The molecule has 2 atom stereocenters. The van der Waals surface area contributed by atoms with Crippen molar-refractivity contribution in [3.8, 4) is 0 Å². The Hall–Kier alpha value is -2.15. The van der Waals surface area contributed by atoms with E-state index < -0.39 is 5.60 Å². The molecule has 1 saturated carbocycles. The van der Waals surface area contributed by atoms with Crippen LogP contribution in [0.2, 0.25) is 0 Å². The van der Waals surface area contributed by atoms with Crippen molar-refractivity contribution < 1.29 is 14.3 Å². The van der Waals surface area contributed by atoms with Crippen molar-refractivity contribution in [2.75, 3.05) is 19.7 Å². The van der Waals surface area contributed by atoms with Crippen LogP contribution in [0.5, 0.6) is 0 Å². The monoisotopic (exact) mass is 342 g/mol. The van der Waals surface area contributed by atoms with Crippen LogP contribution >= 0.6 is 0 Å². The highest BCUT2D eigenvalue weighted by atomic mass is 16.5. The lowest BCUT2D eigenvalue weighted by molar-refractivity contribution is -0.158. The molecule has 1 aromatic heterocycles. The zero-order chi connectivity index (χ0) is 17.2. The van der Waals surface area contributed by atoms with Crippen molar-refractivity contribution in [2.45, 2.75) is 43.4 Å². The summed E-state index contributed by atoms with van der Waals surface area (Å²) in [6.45, 7) is 5.64. The summed E-state index contributed by atoms with van der Waals surface area (Å²) in [5, 5.41) is 4.10. The summed E-state index contributed by atoms with van der Waals surface area (Å²) >= 11 is 0. The summed E-state index contributed by atoms with van der Waals surface area (Å²) in [6, 6.07) is 1.88. The molecule has 25 heavy (non-hydrogen) atoms. The van der Waals surface area contributed by atoms with Gasteiger partial charge in [0.2, 0.25) is 0 Å². The summed E-state index contributed by atoms with van der Waals surface area (Å²) in [4.78, 5) is 29.8. The molecule has 0 aromatic carbocycles. The number of fused-ring (bicyclic) bond motifs is 3. The second-order valence-electron chi connectivity index (χ2n) is 7.73. The number of rotatable bonds is 3. The smallest absolute Gasteiger partial charge is 0.273 e. The molecule has 0 N–H and O–H groups in total. The molecule has 4 saturated heterocycles. The van der Waals surface area contributed by atoms with Gasteiger partial charge < -0.3 is 14.5 Å². The Balaban J connectivity index is 1.34. The number of carbonyl (C=O) groups is 2. The van der Waals surface area contributed by atoms with Crippen LogP contribution in [0.1, 0.15) is 36.2 Å². The molecule has 5 heterocycles. The van der Waals surface area contributed by atoms with Crippen LogP contribution in [-0.2, 0) is 9.53 Å². The van der Waals surface area contributed by atoms with Gasteiger partial charge in [-0.15, -0.1) is 0 Å². The van der Waals surface area contributed by atoms with E-state index in [9.17, 15) is 9.59 Å². The number of aromatic nitrogens is 2. The fraction of sp³-hybridized carbons (Fsp3) is 0.611. The van der Waals surface area contributed by atoms with E-state index in [4.69, 9.17) is 4.74 Å². The van der Waals surface area contributed by atoms with Crippen LogP contribution in [0, 0.1) is 5.92 Å². The van der Waals surface area contributed by atoms with E-state index in [-0.39, 0.29) is 23.9 Å². The molecule has 132 valence electrons. The van der Waals surface area contributed by atoms with Crippen LogP contribution in [0.4, 0.5) is 0 Å². The number of likely N-dealkylation sites (tertiary alicyclic amines) is 1. The molecule has 0 spiro atoms. The third-order valence-corrected chi connectivity index (χ3v) is 6.29. The van der Waals surface area contributed by atoms with E-state index in [1.807, 2.05) is 9.80 Å². The van der Waals surface area contributed by atoms with Crippen LogP contribution < -0.4 is 0 Å². The number of ether oxygens (including phenoxy) is 1. The topological polar surface area (TPSA) is 67.7 Å². The third-order valence-electron chi connectivity index (χ3n) is 6.29. The normalized spacial score (nSPS) is 35.6. The molecule has 5 aliphatic rings. The van der Waals surface area contributed by atoms with Gasteiger partial charge in [-0.3, -0.25) is 9.59 Å². The number of nitrogens with zero attached hydrogens (tertiary/aromatic N) is 4. The number of piperazine rings is 1. The summed E-state index contributed by atoms with van der Waals surface area (Å²) in [5.41, 5.74) is -0.0104. The quantitative estimate of drug-likeness (QED) is 0.821. The van der Waals surface area contributed by atoms with Crippen molar-refractivity contribution in [1.82, 2.24) is 19.6 Å². The maximum atomic E-state index is 13.0. The molecule has 0 radical (unpaired) electrons. The third kappa shape index (κ3) is 2.05. The Morgan fingerprint density at radius 1 is 1.28 bits per heavy atom. The van der Waals surface area contributed by atoms with Crippen molar-refractivity contribution >= 4 is 18.0 Å². The first-order chi connectivity index (χ1) is 12.1. The lowest BCUT2D eigenvalue weighted by Gasteiger charge is -2.45. The van der Waals surface area contributed by atoms with E-state index in [2.05, 4.69) is 11.7 Å². The zero-order valence-corrected chi connectivity index (χ0v) is 14.1. The van der Waals surface area contributed by atoms with Gasteiger partial charge in [-0.05, 0) is 37.7 Å². The minimum atomic E-state index is -0.544. The Labute approximate surface area is 146 Å². The fourth-order valence-corrected chi connectivity index (χ4v) is 5.07. The highest BCUT2D eigenvalue weighted by Gasteiger charge is 2.59. The summed E-state index contributed by atoms with van der Waals surface area (Å²) in [5.74, 6) is 0.695. The SMILES string of the molecule is C=Cn1nccc1C(=O)N1C2CCC1CN(C(=O)C13CC(CO1)C3)C2. The van der Waals surface area contributed by atoms with Crippen LogP contribution in [0.15, 0.2) is 18.8 Å². The average Bonchev–Trinajstić information content (AvgIpc) is 3.35. The molecule has 4 aliphatic heterocycles. The average molecular weight is 342 g/mol. The van der Waals surface area contributed by atoms with Gasteiger partial charge in [-0.25, -0.2) is 4.68 Å². The molecule has 4 bridgehead atoms. The Bertz CT molecular complexity index is 732. The van der Waals surface area contributed by atoms with E-state index in [0.717, 1.165) is 32.3 Å². The number of hydrogen-bond donors (Lipinski definition) is 0. The molecular weight excluding hydrogens is 320 g/mol. The van der Waals surface area contributed by atoms with Gasteiger partial charge in [0.05, 0.1) is 24.9 Å². The lowest BCUT2D eigenvalue weighted by Crippen LogP contribution is -2.62. The Morgan fingerprint density at radius 2 is 2.00 bits per heavy atom. The van der Waals surface area contributed by atoms with E-state index >= 15 is 0 Å². The summed E-state index contributed by atoms with van der Waals surface area (Å²) in [6.07, 6.45) is 6.79. The minimum Gasteiger partial charge on any atom is -0.365 e. The van der Waals surface area contributed by atoms with Gasteiger partial charge >= 0.3 is 0 Å². The van der Waals surface area contributed by atoms with E-state index in [1.54, 1.807) is 18.5 Å². The lowest BCUT2D eigenvalue weighted by atomic mass is 9.73. The second kappa shape index (κ2) is 5.17. The standard InChI is InChI=1S/C18H22N4O3/c1-2-21-15(5-6-19-21)16(23)22-13-3-4-14(22)10-20(9-13)17(24)18-7-12(8-18)11-25-18/h2,5-6,12-14H,1,3-4,7-11H2. The van der Waals surface area contributed by atoms with E-state index in [1.165, 1.54) is 4.68 Å². The van der Waals surface area contributed by atoms with Gasteiger partial charge in [0.1, 0.15) is 11.3 Å². The van der Waals surface area contributed by atoms with Crippen molar-refractivity contribution in [1.29, 1.82) is 0 Å². The highest BCUT2D eigenvalue weighted by Crippen LogP contribution is 2.49. The Morgan fingerprint density at radius 3 is 2.60 bits per heavy atom. The number of amides is 2. The molecule has 7 heteroatoms. The summed E-state index contributed by atoms with van der Waals surface area (Å²) < 4.78 is 7.30. The fourth-order valence-electron chi connectivity index (χ4n) is 5.07. The predicted molar refractivity (Wildman–Crippen MR) is 89.6 cm³/mol. The maximum absolute atomic E-state index is 13.0. The van der Waals surface area contributed by atoms with Crippen LogP contribution in [0.3, 0.4) is 0 Å². The zero-order valence-electron chi connectivity index (χ0n) is 14.1. The minimum absolute atomic E-state index is 0.0176. The second-order valence-corrected chi connectivity index (χ2v) is 7.73. The van der Waals surface area contributed by atoms with Crippen LogP contribution in [0.25, 0.3) is 6.20 Å². The molecular formula is C18H22N4O3. The van der Waals surface area contributed by atoms with Gasteiger partial charge in [-0.1, -0.05) is 6.58 Å². The van der Waals surface area contributed by atoms with Crippen molar-refractivity contribution in [3.63, 3.8) is 0 Å². The van der Waals surface area contributed by atoms with Crippen molar-refractivity contribution in [2.24, 2.45) is 5.92 Å². The molecule has 1 aliphatic carbocycles. The van der Waals surface area contributed by atoms with Gasteiger partial charge in [0.25, 0.3) is 11.8 Å². The highest BCUT2D eigenvalue weighted by molar-refractivity contribution is 5.94. The molecule has 5 fully saturated rings. The molecule has 2 amide bonds. The van der Waals surface area contributed by atoms with Crippen molar-refractivity contribution in [3.05, 3.63) is 24.5 Å². The first kappa shape index (κ1) is 15.1. The van der Waals surface area contributed by atoms with Gasteiger partial charge in [0.15, 0.2) is 0 Å². The number of hydrogen-bond acceptors (Lipinski definition) is 4.